The van der Waals surface area contributed by atoms with E-state index in [1.807, 2.05) is 12.1 Å². The van der Waals surface area contributed by atoms with Crippen LogP contribution in [-0.2, 0) is 14.3 Å². The number of halogens is 2. The molecule has 0 saturated carbocycles. The molecule has 3 rings (SSSR count). The first kappa shape index (κ1) is 20.1. The lowest BCUT2D eigenvalue weighted by Crippen LogP contribution is -2.34. The fourth-order valence-corrected chi connectivity index (χ4v) is 3.56. The number of ether oxygens (including phenoxy) is 2. The minimum Gasteiger partial charge on any atom is -0.497 e. The number of rotatable bonds is 5. The summed E-state index contributed by atoms with van der Waals surface area (Å²) in [6.45, 7) is 1.85. The van der Waals surface area contributed by atoms with E-state index in [4.69, 9.17) is 21.1 Å². The fraction of sp³-hybridized carbons (Fsp3) is 0.273. The maximum atomic E-state index is 14.0. The monoisotopic (exact) mass is 402 g/mol. The Bertz CT molecular complexity index is 921. The molecule has 4 nitrogen and oxygen atoms in total. The molecule has 2 aromatic rings. The normalized spacial score (nSPS) is 19.1. The summed E-state index contributed by atoms with van der Waals surface area (Å²) in [5, 5.41) is -0.00973. The molecule has 1 aliphatic carbocycles. The maximum Gasteiger partial charge on any atom is 0.317 e. The van der Waals surface area contributed by atoms with Crippen LogP contribution in [0.2, 0.25) is 5.02 Å². The van der Waals surface area contributed by atoms with Gasteiger partial charge < -0.3 is 9.47 Å². The standard InChI is InChI=1S/C22H20ClFO4/c1-3-28-22(26)21-17(14-6-9-18(23)19(24)11-14)10-15(12-20(21)25)13-4-7-16(27-2)8-5-13/h4-9,11-12,17,21H,3,10H2,1-2H3/t17-,21+/m1/s1. The van der Waals surface area contributed by atoms with E-state index in [-0.39, 0.29) is 17.4 Å². The van der Waals surface area contributed by atoms with Crippen molar-refractivity contribution in [2.45, 2.75) is 19.3 Å². The zero-order chi connectivity index (χ0) is 20.3. The number of methoxy groups -OCH3 is 1. The van der Waals surface area contributed by atoms with E-state index in [1.54, 1.807) is 32.2 Å². The fourth-order valence-electron chi connectivity index (χ4n) is 3.45. The minimum absolute atomic E-state index is 0.00973. The molecule has 2 aromatic carbocycles. The van der Waals surface area contributed by atoms with Crippen LogP contribution in [0.3, 0.4) is 0 Å². The van der Waals surface area contributed by atoms with Gasteiger partial charge in [-0.05, 0) is 60.4 Å². The molecule has 2 atom stereocenters. The quantitative estimate of drug-likeness (QED) is 0.532. The van der Waals surface area contributed by atoms with Gasteiger partial charge in [-0.1, -0.05) is 29.8 Å². The van der Waals surface area contributed by atoms with E-state index in [0.717, 1.165) is 11.1 Å². The van der Waals surface area contributed by atoms with Crippen molar-refractivity contribution in [3.05, 3.63) is 70.5 Å². The van der Waals surface area contributed by atoms with Gasteiger partial charge in [0.05, 0.1) is 18.7 Å². The van der Waals surface area contributed by atoms with Crippen molar-refractivity contribution in [2.24, 2.45) is 5.92 Å². The second-order valence-electron chi connectivity index (χ2n) is 6.51. The highest BCUT2D eigenvalue weighted by Crippen LogP contribution is 2.41. The van der Waals surface area contributed by atoms with Crippen LogP contribution < -0.4 is 4.74 Å². The molecule has 0 bridgehead atoms. The Balaban J connectivity index is 2.02. The summed E-state index contributed by atoms with van der Waals surface area (Å²) in [6, 6.07) is 11.7. The predicted molar refractivity (Wildman–Crippen MR) is 105 cm³/mol. The van der Waals surface area contributed by atoms with Crippen LogP contribution in [-0.4, -0.2) is 25.5 Å². The lowest BCUT2D eigenvalue weighted by Gasteiger charge is -2.29. The highest BCUT2D eigenvalue weighted by Gasteiger charge is 2.40. The Morgan fingerprint density at radius 2 is 1.93 bits per heavy atom. The summed E-state index contributed by atoms with van der Waals surface area (Å²) in [4.78, 5) is 25.3. The Morgan fingerprint density at radius 3 is 2.54 bits per heavy atom. The number of hydrogen-bond acceptors (Lipinski definition) is 4. The molecule has 0 amide bonds. The van der Waals surface area contributed by atoms with Crippen LogP contribution in [0.4, 0.5) is 4.39 Å². The number of esters is 1. The van der Waals surface area contributed by atoms with Crippen LogP contribution >= 0.6 is 11.6 Å². The van der Waals surface area contributed by atoms with Crippen molar-refractivity contribution in [3.63, 3.8) is 0 Å². The lowest BCUT2D eigenvalue weighted by molar-refractivity contribution is -0.151. The molecule has 6 heteroatoms. The molecular weight excluding hydrogens is 383 g/mol. The van der Waals surface area contributed by atoms with E-state index in [0.29, 0.717) is 17.7 Å². The minimum atomic E-state index is -1.01. The average Bonchev–Trinajstić information content (AvgIpc) is 2.69. The van der Waals surface area contributed by atoms with Crippen molar-refractivity contribution in [2.75, 3.05) is 13.7 Å². The van der Waals surface area contributed by atoms with Crippen molar-refractivity contribution in [1.29, 1.82) is 0 Å². The van der Waals surface area contributed by atoms with Gasteiger partial charge in [0.25, 0.3) is 0 Å². The number of ketones is 1. The zero-order valence-electron chi connectivity index (χ0n) is 15.6. The number of hydrogen-bond donors (Lipinski definition) is 0. The van der Waals surface area contributed by atoms with Crippen molar-refractivity contribution in [3.8, 4) is 5.75 Å². The van der Waals surface area contributed by atoms with Gasteiger partial charge in [-0.25, -0.2) is 4.39 Å². The molecular formula is C22H20ClFO4. The summed E-state index contributed by atoms with van der Waals surface area (Å²) < 4.78 is 24.3. The van der Waals surface area contributed by atoms with E-state index in [2.05, 4.69) is 0 Å². The topological polar surface area (TPSA) is 52.6 Å². The number of carbonyl (C=O) groups excluding carboxylic acids is 2. The molecule has 0 unspecified atom stereocenters. The second kappa shape index (κ2) is 8.57. The smallest absolute Gasteiger partial charge is 0.317 e. The number of benzene rings is 2. The van der Waals surface area contributed by atoms with Crippen LogP contribution in [0.5, 0.6) is 5.75 Å². The van der Waals surface area contributed by atoms with Crippen molar-refractivity contribution < 1.29 is 23.5 Å². The number of carbonyl (C=O) groups is 2. The van der Waals surface area contributed by atoms with Gasteiger partial charge in [0, 0.05) is 5.92 Å². The van der Waals surface area contributed by atoms with E-state index in [9.17, 15) is 14.0 Å². The lowest BCUT2D eigenvalue weighted by atomic mass is 9.73. The predicted octanol–water partition coefficient (Wildman–Crippen LogP) is 4.81. The molecule has 0 aliphatic heterocycles. The highest BCUT2D eigenvalue weighted by atomic mass is 35.5. The second-order valence-corrected chi connectivity index (χ2v) is 6.92. The van der Waals surface area contributed by atoms with Crippen LogP contribution in [0.25, 0.3) is 5.57 Å². The first-order valence-corrected chi connectivity index (χ1v) is 9.32. The van der Waals surface area contributed by atoms with Gasteiger partial charge >= 0.3 is 5.97 Å². The molecule has 0 fully saturated rings. The Morgan fingerprint density at radius 1 is 1.21 bits per heavy atom. The van der Waals surface area contributed by atoms with Crippen LogP contribution in [0.15, 0.2) is 48.5 Å². The average molecular weight is 403 g/mol. The van der Waals surface area contributed by atoms with Crippen LogP contribution in [0, 0.1) is 11.7 Å². The Hall–Kier alpha value is -2.66. The third kappa shape index (κ3) is 4.09. The molecule has 0 saturated heterocycles. The van der Waals surface area contributed by atoms with Crippen LogP contribution in [0.1, 0.15) is 30.4 Å². The summed E-state index contributed by atoms with van der Waals surface area (Å²) in [5.41, 5.74) is 2.15. The van der Waals surface area contributed by atoms with E-state index < -0.39 is 23.6 Å². The molecule has 1 aliphatic rings. The van der Waals surface area contributed by atoms with Gasteiger partial charge in [-0.3, -0.25) is 9.59 Å². The highest BCUT2D eigenvalue weighted by molar-refractivity contribution is 6.30. The molecule has 0 heterocycles. The number of allylic oxidation sites excluding steroid dienone is 2. The Labute approximate surface area is 167 Å². The third-order valence-corrected chi connectivity index (χ3v) is 5.14. The molecule has 28 heavy (non-hydrogen) atoms. The summed E-state index contributed by atoms with van der Waals surface area (Å²) in [7, 11) is 1.58. The van der Waals surface area contributed by atoms with Crippen molar-refractivity contribution in [1.82, 2.24) is 0 Å². The Kier molecular flexibility index (Phi) is 6.15. The summed E-state index contributed by atoms with van der Waals surface area (Å²) in [6.07, 6.45) is 1.87. The molecule has 0 spiro atoms. The third-order valence-electron chi connectivity index (χ3n) is 4.84. The maximum absolute atomic E-state index is 14.0. The van der Waals surface area contributed by atoms with Gasteiger partial charge in [-0.15, -0.1) is 0 Å². The molecule has 0 N–H and O–H groups in total. The molecule has 0 radical (unpaired) electrons. The SMILES string of the molecule is CCOC(=O)[C@@H]1C(=O)C=C(c2ccc(OC)cc2)C[C@@H]1c1ccc(Cl)c(F)c1. The summed E-state index contributed by atoms with van der Waals surface area (Å²) in [5.74, 6) is -2.39. The van der Waals surface area contributed by atoms with E-state index >= 15 is 0 Å². The van der Waals surface area contributed by atoms with Gasteiger partial charge in [0.15, 0.2) is 5.78 Å². The molecule has 0 aromatic heterocycles. The van der Waals surface area contributed by atoms with Gasteiger partial charge in [0.1, 0.15) is 17.5 Å². The largest absolute Gasteiger partial charge is 0.497 e. The first-order valence-electron chi connectivity index (χ1n) is 8.95. The molecule has 146 valence electrons. The zero-order valence-corrected chi connectivity index (χ0v) is 16.3. The van der Waals surface area contributed by atoms with Gasteiger partial charge in [0.2, 0.25) is 0 Å². The van der Waals surface area contributed by atoms with E-state index in [1.165, 1.54) is 18.2 Å². The van der Waals surface area contributed by atoms with Gasteiger partial charge in [-0.2, -0.15) is 0 Å². The summed E-state index contributed by atoms with van der Waals surface area (Å²) >= 11 is 5.79. The van der Waals surface area contributed by atoms with Crippen molar-refractivity contribution >= 4 is 28.9 Å². The first-order chi connectivity index (χ1) is 13.4.